The SMILES string of the molecule is CC1CN(c2ccc3cc(-c4ccccc4C(F)(F)F)[nH]c(=O)c3c2)C(=O)O1. The number of carbonyl (C=O) groups excluding carboxylic acids is 1. The van der Waals surface area contributed by atoms with Crippen molar-refractivity contribution in [1.29, 1.82) is 0 Å². The largest absolute Gasteiger partial charge is 0.444 e. The predicted octanol–water partition coefficient (Wildman–Crippen LogP) is 4.56. The van der Waals surface area contributed by atoms with Gasteiger partial charge >= 0.3 is 12.3 Å². The van der Waals surface area contributed by atoms with Crippen molar-refractivity contribution in [3.8, 4) is 11.3 Å². The summed E-state index contributed by atoms with van der Waals surface area (Å²) < 4.78 is 45.0. The molecule has 1 atom stereocenters. The highest BCUT2D eigenvalue weighted by molar-refractivity contribution is 5.94. The first-order chi connectivity index (χ1) is 13.2. The Morgan fingerprint density at radius 1 is 1.11 bits per heavy atom. The molecule has 1 aromatic heterocycles. The standard InChI is InChI=1S/C20H15F3N2O3/c1-11-10-25(19(27)28-11)13-7-6-12-8-17(24-18(26)15(12)9-13)14-4-2-3-5-16(14)20(21,22)23/h2-9,11H,10H2,1H3,(H,24,26). The second kappa shape index (κ2) is 6.40. The molecule has 8 heteroatoms. The molecule has 0 saturated carbocycles. The Balaban J connectivity index is 1.82. The molecule has 1 saturated heterocycles. The van der Waals surface area contributed by atoms with Gasteiger partial charge in [0.2, 0.25) is 0 Å². The van der Waals surface area contributed by atoms with Crippen LogP contribution in [0.25, 0.3) is 22.0 Å². The normalized spacial score (nSPS) is 17.2. The number of cyclic esters (lactones) is 1. The number of alkyl halides is 3. The van der Waals surface area contributed by atoms with Crippen molar-refractivity contribution in [2.75, 3.05) is 11.4 Å². The summed E-state index contributed by atoms with van der Waals surface area (Å²) in [6, 6.07) is 11.3. The Morgan fingerprint density at radius 3 is 2.54 bits per heavy atom. The number of hydrogen-bond acceptors (Lipinski definition) is 3. The number of benzene rings is 2. The first-order valence-corrected chi connectivity index (χ1v) is 8.56. The van der Waals surface area contributed by atoms with Crippen LogP contribution in [-0.2, 0) is 10.9 Å². The van der Waals surface area contributed by atoms with Gasteiger partial charge in [-0.3, -0.25) is 9.69 Å². The number of anilines is 1. The molecule has 1 unspecified atom stereocenters. The van der Waals surface area contributed by atoms with Gasteiger partial charge in [0.25, 0.3) is 5.56 Å². The lowest BCUT2D eigenvalue weighted by Crippen LogP contribution is -2.24. The Bertz CT molecular complexity index is 1140. The fraction of sp³-hybridized carbons (Fsp3) is 0.200. The maximum absolute atomic E-state index is 13.3. The number of aromatic amines is 1. The molecule has 2 aromatic carbocycles. The summed E-state index contributed by atoms with van der Waals surface area (Å²) >= 11 is 0. The number of ether oxygens (including phenoxy) is 1. The number of nitrogens with zero attached hydrogens (tertiary/aromatic N) is 1. The number of rotatable bonds is 2. The third-order valence-electron chi connectivity index (χ3n) is 4.63. The molecular formula is C20H15F3N2O3. The molecule has 1 fully saturated rings. The van der Waals surface area contributed by atoms with Crippen LogP contribution in [0.2, 0.25) is 0 Å². The van der Waals surface area contributed by atoms with Crippen LogP contribution in [0.4, 0.5) is 23.7 Å². The van der Waals surface area contributed by atoms with Gasteiger partial charge in [0.15, 0.2) is 0 Å². The fourth-order valence-corrected chi connectivity index (χ4v) is 3.34. The van der Waals surface area contributed by atoms with Gasteiger partial charge in [-0.15, -0.1) is 0 Å². The molecule has 1 N–H and O–H groups in total. The van der Waals surface area contributed by atoms with Gasteiger partial charge < -0.3 is 9.72 Å². The van der Waals surface area contributed by atoms with Crippen LogP contribution in [0.15, 0.2) is 53.3 Å². The van der Waals surface area contributed by atoms with Gasteiger partial charge in [-0.05, 0) is 36.6 Å². The third kappa shape index (κ3) is 3.11. The van der Waals surface area contributed by atoms with Crippen LogP contribution in [0.1, 0.15) is 12.5 Å². The van der Waals surface area contributed by atoms with E-state index < -0.39 is 23.4 Å². The minimum Gasteiger partial charge on any atom is -0.444 e. The van der Waals surface area contributed by atoms with Gasteiger partial charge in [0.05, 0.1) is 12.1 Å². The number of aromatic nitrogens is 1. The number of fused-ring (bicyclic) bond motifs is 1. The van der Waals surface area contributed by atoms with E-state index in [1.807, 2.05) is 0 Å². The van der Waals surface area contributed by atoms with E-state index in [1.54, 1.807) is 19.1 Å². The fourth-order valence-electron chi connectivity index (χ4n) is 3.34. The van der Waals surface area contributed by atoms with Crippen molar-refractivity contribution in [2.45, 2.75) is 19.2 Å². The number of hydrogen-bond donors (Lipinski definition) is 1. The molecule has 3 aromatic rings. The zero-order chi connectivity index (χ0) is 20.1. The monoisotopic (exact) mass is 388 g/mol. The van der Waals surface area contributed by atoms with Crippen LogP contribution < -0.4 is 10.5 Å². The molecular weight excluding hydrogens is 373 g/mol. The summed E-state index contributed by atoms with van der Waals surface area (Å²) in [7, 11) is 0. The van der Waals surface area contributed by atoms with Crippen molar-refractivity contribution in [1.82, 2.24) is 4.98 Å². The van der Waals surface area contributed by atoms with Crippen molar-refractivity contribution >= 4 is 22.6 Å². The van der Waals surface area contributed by atoms with Gasteiger partial charge in [-0.2, -0.15) is 13.2 Å². The zero-order valence-corrected chi connectivity index (χ0v) is 14.7. The second-order valence-electron chi connectivity index (χ2n) is 6.63. The Morgan fingerprint density at radius 2 is 1.86 bits per heavy atom. The molecule has 1 amide bonds. The first kappa shape index (κ1) is 18.1. The first-order valence-electron chi connectivity index (χ1n) is 8.56. The molecule has 144 valence electrons. The minimum atomic E-state index is -4.54. The van der Waals surface area contributed by atoms with Crippen LogP contribution >= 0.6 is 0 Å². The number of H-pyrrole nitrogens is 1. The highest BCUT2D eigenvalue weighted by Crippen LogP contribution is 2.36. The van der Waals surface area contributed by atoms with E-state index in [1.165, 1.54) is 35.2 Å². The van der Waals surface area contributed by atoms with E-state index in [-0.39, 0.29) is 22.7 Å². The molecule has 0 aliphatic carbocycles. The van der Waals surface area contributed by atoms with Crippen LogP contribution in [0.3, 0.4) is 0 Å². The summed E-state index contributed by atoms with van der Waals surface area (Å²) in [5, 5.41) is 0.748. The van der Waals surface area contributed by atoms with E-state index in [9.17, 15) is 22.8 Å². The third-order valence-corrected chi connectivity index (χ3v) is 4.63. The molecule has 1 aliphatic heterocycles. The molecule has 2 heterocycles. The number of amides is 1. The highest BCUT2D eigenvalue weighted by atomic mass is 19.4. The van der Waals surface area contributed by atoms with Gasteiger partial charge in [0, 0.05) is 22.3 Å². The molecule has 0 spiro atoms. The minimum absolute atomic E-state index is 0.0763. The molecule has 28 heavy (non-hydrogen) atoms. The average Bonchev–Trinajstić information content (AvgIpc) is 2.99. The van der Waals surface area contributed by atoms with Crippen LogP contribution in [0, 0.1) is 0 Å². The molecule has 1 aliphatic rings. The lowest BCUT2D eigenvalue weighted by atomic mass is 10.0. The zero-order valence-electron chi connectivity index (χ0n) is 14.7. The predicted molar refractivity (Wildman–Crippen MR) is 98.3 cm³/mol. The second-order valence-corrected chi connectivity index (χ2v) is 6.63. The van der Waals surface area contributed by atoms with Gasteiger partial charge in [-0.1, -0.05) is 24.3 Å². The molecule has 0 bridgehead atoms. The van der Waals surface area contributed by atoms with E-state index in [0.717, 1.165) is 6.07 Å². The quantitative estimate of drug-likeness (QED) is 0.700. The number of pyridine rings is 1. The number of carbonyl (C=O) groups is 1. The van der Waals surface area contributed by atoms with E-state index in [2.05, 4.69) is 4.98 Å². The number of nitrogens with one attached hydrogen (secondary N) is 1. The maximum Gasteiger partial charge on any atom is 0.417 e. The Hall–Kier alpha value is -3.29. The van der Waals surface area contributed by atoms with E-state index in [0.29, 0.717) is 17.6 Å². The number of halogens is 3. The van der Waals surface area contributed by atoms with E-state index in [4.69, 9.17) is 4.74 Å². The Kier molecular flexibility index (Phi) is 4.14. The topological polar surface area (TPSA) is 62.4 Å². The summed E-state index contributed by atoms with van der Waals surface area (Å²) in [5.74, 6) is 0. The smallest absolute Gasteiger partial charge is 0.417 e. The summed E-state index contributed by atoms with van der Waals surface area (Å²) in [6.07, 6.45) is -5.30. The summed E-state index contributed by atoms with van der Waals surface area (Å²) in [4.78, 5) is 28.4. The lowest BCUT2D eigenvalue weighted by molar-refractivity contribution is -0.137. The highest BCUT2D eigenvalue weighted by Gasteiger charge is 2.34. The Labute approximate surface area is 157 Å². The van der Waals surface area contributed by atoms with Crippen molar-refractivity contribution in [3.05, 3.63) is 64.4 Å². The van der Waals surface area contributed by atoms with E-state index >= 15 is 0 Å². The van der Waals surface area contributed by atoms with Gasteiger partial charge in [-0.25, -0.2) is 4.79 Å². The van der Waals surface area contributed by atoms with Crippen LogP contribution in [-0.4, -0.2) is 23.7 Å². The lowest BCUT2D eigenvalue weighted by Gasteiger charge is -2.15. The summed E-state index contributed by atoms with van der Waals surface area (Å²) in [6.45, 7) is 2.12. The molecule has 5 nitrogen and oxygen atoms in total. The van der Waals surface area contributed by atoms with Crippen molar-refractivity contribution in [3.63, 3.8) is 0 Å². The van der Waals surface area contributed by atoms with Gasteiger partial charge in [0.1, 0.15) is 6.10 Å². The maximum atomic E-state index is 13.3. The summed E-state index contributed by atoms with van der Waals surface area (Å²) in [5.41, 5.74) is -0.888. The average molecular weight is 388 g/mol. The van der Waals surface area contributed by atoms with Crippen molar-refractivity contribution in [2.24, 2.45) is 0 Å². The molecule has 4 rings (SSSR count). The van der Waals surface area contributed by atoms with Crippen LogP contribution in [0.5, 0.6) is 0 Å². The molecule has 0 radical (unpaired) electrons. The van der Waals surface area contributed by atoms with Crippen molar-refractivity contribution < 1.29 is 22.7 Å².